The molecule has 1 heterocycles. The number of ether oxygens (including phenoxy) is 2. The summed E-state index contributed by atoms with van der Waals surface area (Å²) in [4.78, 5) is 0. The van der Waals surface area contributed by atoms with E-state index >= 15 is 0 Å². The van der Waals surface area contributed by atoms with Crippen LogP contribution in [0.15, 0.2) is 91.0 Å². The SMILES string of the molecule is CO[C@H]1C(C)[C@@H](CC[P+](c2ccccc2)(c2ccccc2)c2ccccc2)O[C@H]1C. The monoisotopic (exact) mass is 419 g/mol. The molecule has 1 fully saturated rings. The normalized spacial score (nSPS) is 24.1. The first kappa shape index (κ1) is 21.2. The molecule has 4 rings (SSSR count). The van der Waals surface area contributed by atoms with E-state index in [1.807, 2.05) is 0 Å². The summed E-state index contributed by atoms with van der Waals surface area (Å²) in [5.41, 5.74) is 0. The molecule has 0 aliphatic carbocycles. The smallest absolute Gasteiger partial charge is 0.112 e. The van der Waals surface area contributed by atoms with Gasteiger partial charge in [-0.15, -0.1) is 0 Å². The molecule has 3 aromatic rings. The molecule has 3 heteroatoms. The molecule has 0 aromatic heterocycles. The Morgan fingerprint density at radius 2 is 1.17 bits per heavy atom. The molecule has 1 saturated heterocycles. The van der Waals surface area contributed by atoms with E-state index in [9.17, 15) is 0 Å². The zero-order valence-corrected chi connectivity index (χ0v) is 19.0. The van der Waals surface area contributed by atoms with E-state index in [0.717, 1.165) is 12.6 Å². The van der Waals surface area contributed by atoms with Gasteiger partial charge in [-0.05, 0) is 43.3 Å². The minimum atomic E-state index is -1.80. The molecule has 0 N–H and O–H groups in total. The van der Waals surface area contributed by atoms with Crippen LogP contribution in [0.5, 0.6) is 0 Å². The molecule has 0 bridgehead atoms. The molecule has 30 heavy (non-hydrogen) atoms. The Balaban J connectivity index is 1.78. The van der Waals surface area contributed by atoms with Crippen molar-refractivity contribution in [2.75, 3.05) is 13.3 Å². The molecule has 0 amide bonds. The van der Waals surface area contributed by atoms with E-state index in [1.165, 1.54) is 15.9 Å². The zero-order valence-electron chi connectivity index (χ0n) is 18.1. The first-order chi connectivity index (χ1) is 14.7. The van der Waals surface area contributed by atoms with Crippen molar-refractivity contribution >= 4 is 23.2 Å². The third kappa shape index (κ3) is 3.97. The highest BCUT2D eigenvalue weighted by Gasteiger charge is 2.47. The predicted octanol–water partition coefficient (Wildman–Crippen LogP) is 4.81. The summed E-state index contributed by atoms with van der Waals surface area (Å²) in [6.45, 7) is 4.41. The second-order valence-corrected chi connectivity index (χ2v) is 11.9. The third-order valence-electron chi connectivity index (χ3n) is 6.57. The number of benzene rings is 3. The van der Waals surface area contributed by atoms with Crippen LogP contribution >= 0.6 is 7.26 Å². The van der Waals surface area contributed by atoms with Gasteiger partial charge in [0.1, 0.15) is 23.2 Å². The first-order valence-electron chi connectivity index (χ1n) is 10.9. The van der Waals surface area contributed by atoms with Crippen LogP contribution in [-0.2, 0) is 9.47 Å². The second-order valence-electron chi connectivity index (χ2n) is 8.27. The largest absolute Gasteiger partial charge is 0.378 e. The van der Waals surface area contributed by atoms with Crippen LogP contribution in [0.4, 0.5) is 0 Å². The van der Waals surface area contributed by atoms with Gasteiger partial charge in [-0.3, -0.25) is 0 Å². The van der Waals surface area contributed by atoms with Crippen molar-refractivity contribution in [3.05, 3.63) is 91.0 Å². The summed E-state index contributed by atoms with van der Waals surface area (Å²) in [6, 6.07) is 33.3. The minimum absolute atomic E-state index is 0.146. The van der Waals surface area contributed by atoms with Crippen molar-refractivity contribution < 1.29 is 9.47 Å². The van der Waals surface area contributed by atoms with E-state index in [0.29, 0.717) is 5.92 Å². The number of rotatable bonds is 7. The molecule has 0 saturated carbocycles. The van der Waals surface area contributed by atoms with Crippen molar-refractivity contribution in [1.82, 2.24) is 0 Å². The van der Waals surface area contributed by atoms with E-state index in [4.69, 9.17) is 9.47 Å². The number of methoxy groups -OCH3 is 1. The average molecular weight is 420 g/mol. The van der Waals surface area contributed by atoms with Gasteiger partial charge < -0.3 is 9.47 Å². The van der Waals surface area contributed by atoms with Crippen LogP contribution in [0.25, 0.3) is 0 Å². The highest BCUT2D eigenvalue weighted by molar-refractivity contribution is 7.95. The van der Waals surface area contributed by atoms with Gasteiger partial charge in [-0.1, -0.05) is 61.5 Å². The standard InChI is InChI=1S/C27H32O2P/c1-21-26(29-22(2)27(21)28-3)19-20-30(23-13-7-4-8-14-23,24-15-9-5-10-16-24)25-17-11-6-12-18-25/h4-18,21-22,26-27H,19-20H2,1-3H3/q+1/t21?,22-,26+,27-/m0/s1. The van der Waals surface area contributed by atoms with Crippen LogP contribution in [0.2, 0.25) is 0 Å². The highest BCUT2D eigenvalue weighted by atomic mass is 31.2. The van der Waals surface area contributed by atoms with Crippen molar-refractivity contribution in [2.24, 2.45) is 5.92 Å². The van der Waals surface area contributed by atoms with Gasteiger partial charge in [-0.25, -0.2) is 0 Å². The fourth-order valence-corrected chi connectivity index (χ4v) is 9.41. The lowest BCUT2D eigenvalue weighted by atomic mass is 9.97. The Kier molecular flexibility index (Phi) is 6.68. The fraction of sp³-hybridized carbons (Fsp3) is 0.333. The van der Waals surface area contributed by atoms with Gasteiger partial charge in [0, 0.05) is 19.4 Å². The minimum Gasteiger partial charge on any atom is -0.378 e. The van der Waals surface area contributed by atoms with Gasteiger partial charge in [0.15, 0.2) is 0 Å². The maximum Gasteiger partial charge on any atom is 0.112 e. The van der Waals surface area contributed by atoms with Gasteiger partial charge in [0.05, 0.1) is 24.5 Å². The summed E-state index contributed by atoms with van der Waals surface area (Å²) in [5, 5.41) is 4.30. The summed E-state index contributed by atoms with van der Waals surface area (Å²) >= 11 is 0. The van der Waals surface area contributed by atoms with Crippen LogP contribution in [0.1, 0.15) is 20.3 Å². The molecule has 1 aliphatic heterocycles. The number of hydrogen-bond donors (Lipinski definition) is 0. The highest BCUT2D eigenvalue weighted by Crippen LogP contribution is 2.56. The summed E-state index contributed by atoms with van der Waals surface area (Å²) < 4.78 is 12.1. The Bertz CT molecular complexity index is 817. The maximum absolute atomic E-state index is 6.37. The lowest BCUT2D eigenvalue weighted by molar-refractivity contribution is 0.00508. The number of hydrogen-bond acceptors (Lipinski definition) is 2. The fourth-order valence-electron chi connectivity index (χ4n) is 5.06. The predicted molar refractivity (Wildman–Crippen MR) is 129 cm³/mol. The lowest BCUT2D eigenvalue weighted by Crippen LogP contribution is -2.35. The Hall–Kier alpha value is -1.99. The van der Waals surface area contributed by atoms with Crippen molar-refractivity contribution in [1.29, 1.82) is 0 Å². The summed E-state index contributed by atoms with van der Waals surface area (Å²) in [5.74, 6) is 0.397. The molecular weight excluding hydrogens is 387 g/mol. The van der Waals surface area contributed by atoms with Gasteiger partial charge in [-0.2, -0.15) is 0 Å². The van der Waals surface area contributed by atoms with Gasteiger partial charge in [0.2, 0.25) is 0 Å². The van der Waals surface area contributed by atoms with Crippen LogP contribution in [0.3, 0.4) is 0 Å². The van der Waals surface area contributed by atoms with Gasteiger partial charge >= 0.3 is 0 Å². The van der Waals surface area contributed by atoms with Crippen LogP contribution in [0, 0.1) is 5.92 Å². The van der Waals surface area contributed by atoms with E-state index < -0.39 is 7.26 Å². The summed E-state index contributed by atoms with van der Waals surface area (Å²) in [6.07, 6.45) is 2.65. The lowest BCUT2D eigenvalue weighted by Gasteiger charge is -2.29. The Morgan fingerprint density at radius 1 is 0.733 bits per heavy atom. The van der Waals surface area contributed by atoms with Crippen molar-refractivity contribution in [3.63, 3.8) is 0 Å². The van der Waals surface area contributed by atoms with Crippen molar-refractivity contribution in [3.8, 4) is 0 Å². The molecule has 1 unspecified atom stereocenters. The molecule has 0 radical (unpaired) electrons. The third-order valence-corrected chi connectivity index (χ3v) is 11.0. The summed E-state index contributed by atoms with van der Waals surface area (Å²) in [7, 11) is 0.00318. The van der Waals surface area contributed by atoms with E-state index in [1.54, 1.807) is 7.11 Å². The van der Waals surface area contributed by atoms with E-state index in [-0.39, 0.29) is 18.3 Å². The molecule has 0 spiro atoms. The molecule has 1 aliphatic rings. The molecule has 3 aromatic carbocycles. The zero-order chi connectivity index (χ0) is 21.0. The van der Waals surface area contributed by atoms with Gasteiger partial charge in [0.25, 0.3) is 0 Å². The Morgan fingerprint density at radius 3 is 1.53 bits per heavy atom. The average Bonchev–Trinajstić information content (AvgIpc) is 3.08. The molecule has 2 nitrogen and oxygen atoms in total. The molecular formula is C27H32O2P+. The molecule has 4 atom stereocenters. The van der Waals surface area contributed by atoms with E-state index in [2.05, 4.69) is 105 Å². The Labute approximate surface area is 181 Å². The topological polar surface area (TPSA) is 18.5 Å². The molecule has 156 valence electrons. The second kappa shape index (κ2) is 9.43. The van der Waals surface area contributed by atoms with Crippen LogP contribution in [-0.4, -0.2) is 31.6 Å². The van der Waals surface area contributed by atoms with Crippen LogP contribution < -0.4 is 15.9 Å². The quantitative estimate of drug-likeness (QED) is 0.512. The van der Waals surface area contributed by atoms with Crippen molar-refractivity contribution in [2.45, 2.75) is 38.6 Å². The maximum atomic E-state index is 6.37. The first-order valence-corrected chi connectivity index (χ1v) is 12.9.